The lowest BCUT2D eigenvalue weighted by Crippen LogP contribution is -2.46. The second-order valence-electron chi connectivity index (χ2n) is 5.27. The highest BCUT2D eigenvalue weighted by molar-refractivity contribution is 7.15. The van der Waals surface area contributed by atoms with Crippen LogP contribution in [0.5, 0.6) is 0 Å². The Morgan fingerprint density at radius 3 is 2.81 bits per heavy atom. The Morgan fingerprint density at radius 2 is 2.10 bits per heavy atom. The van der Waals surface area contributed by atoms with Crippen LogP contribution in [0.4, 0.5) is 0 Å². The summed E-state index contributed by atoms with van der Waals surface area (Å²) >= 11 is 1.66. The predicted molar refractivity (Wildman–Crippen MR) is 81.4 cm³/mol. The quantitative estimate of drug-likeness (QED) is 0.774. The van der Waals surface area contributed by atoms with Gasteiger partial charge in [-0.3, -0.25) is 14.1 Å². The molecule has 0 unspecified atom stereocenters. The van der Waals surface area contributed by atoms with Crippen molar-refractivity contribution in [1.29, 1.82) is 0 Å². The zero-order valence-corrected chi connectivity index (χ0v) is 13.0. The Bertz CT molecular complexity index is 572. The summed E-state index contributed by atoms with van der Waals surface area (Å²) < 4.78 is 6.75. The van der Waals surface area contributed by atoms with E-state index in [4.69, 9.17) is 0 Å². The van der Waals surface area contributed by atoms with Crippen LogP contribution >= 0.6 is 11.3 Å². The first-order valence-electron chi connectivity index (χ1n) is 7.17. The summed E-state index contributed by atoms with van der Waals surface area (Å²) in [6.45, 7) is 5.73. The molecule has 1 aliphatic rings. The highest BCUT2D eigenvalue weighted by Crippen LogP contribution is 2.14. The molecule has 3 heterocycles. The third kappa shape index (κ3) is 3.61. The standard InChI is InChI=1S/C14H20N4O2S/c1-20-13(19)2-3-16-4-6-17(7-5-16)10-12-11-18-8-9-21-14(18)15-12/h8-9,11H,2-7,10H2,1H3. The first-order chi connectivity index (χ1) is 10.2. The lowest BCUT2D eigenvalue weighted by Gasteiger charge is -2.34. The van der Waals surface area contributed by atoms with Crippen molar-refractivity contribution in [3.8, 4) is 0 Å². The second-order valence-corrected chi connectivity index (χ2v) is 6.14. The number of carbonyl (C=O) groups is 1. The first kappa shape index (κ1) is 14.5. The van der Waals surface area contributed by atoms with Gasteiger partial charge in [0, 0.05) is 57.0 Å². The molecule has 0 atom stereocenters. The summed E-state index contributed by atoms with van der Waals surface area (Å²) in [7, 11) is 1.44. The van der Waals surface area contributed by atoms with Gasteiger partial charge in [-0.15, -0.1) is 11.3 Å². The van der Waals surface area contributed by atoms with Crippen LogP contribution in [0.15, 0.2) is 17.8 Å². The molecule has 1 aliphatic heterocycles. The van der Waals surface area contributed by atoms with Crippen LogP contribution in [0.1, 0.15) is 12.1 Å². The summed E-state index contributed by atoms with van der Waals surface area (Å²) in [5.41, 5.74) is 1.13. The molecule has 0 aliphatic carbocycles. The van der Waals surface area contributed by atoms with E-state index in [9.17, 15) is 4.79 Å². The second kappa shape index (κ2) is 6.55. The molecule has 1 fully saturated rings. The summed E-state index contributed by atoms with van der Waals surface area (Å²) in [4.78, 5) is 21.6. The fraction of sp³-hybridized carbons (Fsp3) is 0.571. The fourth-order valence-corrected chi connectivity index (χ4v) is 3.32. The number of ether oxygens (including phenoxy) is 1. The number of rotatable bonds is 5. The molecule has 0 N–H and O–H groups in total. The van der Waals surface area contributed by atoms with Gasteiger partial charge in [0.25, 0.3) is 0 Å². The molecule has 0 spiro atoms. The zero-order valence-electron chi connectivity index (χ0n) is 12.2. The number of thiazole rings is 1. The van der Waals surface area contributed by atoms with Crippen molar-refractivity contribution in [1.82, 2.24) is 19.2 Å². The summed E-state index contributed by atoms with van der Waals surface area (Å²) in [6, 6.07) is 0. The molecule has 6 nitrogen and oxygen atoms in total. The van der Waals surface area contributed by atoms with Crippen molar-refractivity contribution in [2.45, 2.75) is 13.0 Å². The average molecular weight is 308 g/mol. The van der Waals surface area contributed by atoms with Crippen LogP contribution in [0.2, 0.25) is 0 Å². The van der Waals surface area contributed by atoms with Crippen LogP contribution in [-0.2, 0) is 16.1 Å². The van der Waals surface area contributed by atoms with E-state index in [0.29, 0.717) is 6.42 Å². The number of methoxy groups -OCH3 is 1. The van der Waals surface area contributed by atoms with E-state index in [1.165, 1.54) is 7.11 Å². The molecule has 0 saturated carbocycles. The molecule has 2 aromatic rings. The number of imidazole rings is 1. The van der Waals surface area contributed by atoms with Gasteiger partial charge in [-0.2, -0.15) is 0 Å². The van der Waals surface area contributed by atoms with E-state index in [1.54, 1.807) is 11.3 Å². The Hall–Kier alpha value is -1.44. The van der Waals surface area contributed by atoms with Gasteiger partial charge in [-0.1, -0.05) is 0 Å². The van der Waals surface area contributed by atoms with Gasteiger partial charge in [0.05, 0.1) is 19.2 Å². The van der Waals surface area contributed by atoms with Crippen LogP contribution < -0.4 is 0 Å². The van der Waals surface area contributed by atoms with Gasteiger partial charge in [0.2, 0.25) is 0 Å². The zero-order chi connectivity index (χ0) is 14.7. The number of hydrogen-bond donors (Lipinski definition) is 0. The monoisotopic (exact) mass is 308 g/mol. The van der Waals surface area contributed by atoms with E-state index in [-0.39, 0.29) is 5.97 Å². The molecule has 3 rings (SSSR count). The van der Waals surface area contributed by atoms with Crippen LogP contribution in [-0.4, -0.2) is 65.0 Å². The SMILES string of the molecule is COC(=O)CCN1CCN(Cc2cn3ccsc3n2)CC1. The minimum atomic E-state index is -0.129. The molecule has 21 heavy (non-hydrogen) atoms. The van der Waals surface area contributed by atoms with Crippen LogP contribution in [0.3, 0.4) is 0 Å². The van der Waals surface area contributed by atoms with Crippen molar-refractivity contribution in [2.75, 3.05) is 39.8 Å². The molecule has 1 saturated heterocycles. The number of aromatic nitrogens is 2. The Morgan fingerprint density at radius 1 is 1.33 bits per heavy atom. The smallest absolute Gasteiger partial charge is 0.306 e. The molecule has 2 aromatic heterocycles. The lowest BCUT2D eigenvalue weighted by atomic mass is 10.2. The van der Waals surface area contributed by atoms with E-state index in [0.717, 1.165) is 49.9 Å². The molecule has 0 aromatic carbocycles. The van der Waals surface area contributed by atoms with Gasteiger partial charge < -0.3 is 9.64 Å². The maximum absolute atomic E-state index is 11.2. The number of hydrogen-bond acceptors (Lipinski definition) is 6. The van der Waals surface area contributed by atoms with E-state index in [1.807, 2.05) is 11.6 Å². The van der Waals surface area contributed by atoms with Gasteiger partial charge >= 0.3 is 5.97 Å². The van der Waals surface area contributed by atoms with Crippen molar-refractivity contribution < 1.29 is 9.53 Å². The lowest BCUT2D eigenvalue weighted by molar-refractivity contribution is -0.141. The summed E-state index contributed by atoms with van der Waals surface area (Å²) in [5, 5.41) is 2.05. The third-order valence-corrected chi connectivity index (χ3v) is 4.62. The first-order valence-corrected chi connectivity index (χ1v) is 8.05. The highest BCUT2D eigenvalue weighted by atomic mass is 32.1. The van der Waals surface area contributed by atoms with Gasteiger partial charge in [-0.05, 0) is 0 Å². The topological polar surface area (TPSA) is 50.1 Å². The van der Waals surface area contributed by atoms with Crippen molar-refractivity contribution in [3.63, 3.8) is 0 Å². The van der Waals surface area contributed by atoms with E-state index >= 15 is 0 Å². The Balaban J connectivity index is 1.45. The predicted octanol–water partition coefficient (Wildman–Crippen LogP) is 1.08. The molecular formula is C14H20N4O2S. The summed E-state index contributed by atoms with van der Waals surface area (Å²) in [5.74, 6) is -0.129. The maximum atomic E-state index is 11.2. The number of esters is 1. The van der Waals surface area contributed by atoms with Gasteiger partial charge in [0.15, 0.2) is 4.96 Å². The molecule has 114 valence electrons. The largest absolute Gasteiger partial charge is 0.469 e. The van der Waals surface area contributed by atoms with Crippen molar-refractivity contribution >= 4 is 22.3 Å². The van der Waals surface area contributed by atoms with Crippen molar-refractivity contribution in [2.24, 2.45) is 0 Å². The number of piperazine rings is 1. The average Bonchev–Trinajstić information content (AvgIpc) is 3.07. The van der Waals surface area contributed by atoms with E-state index < -0.39 is 0 Å². The normalized spacial score (nSPS) is 17.4. The van der Waals surface area contributed by atoms with E-state index in [2.05, 4.69) is 30.1 Å². The number of nitrogens with zero attached hydrogens (tertiary/aromatic N) is 4. The highest BCUT2D eigenvalue weighted by Gasteiger charge is 2.18. The summed E-state index contributed by atoms with van der Waals surface area (Å²) in [6.07, 6.45) is 4.63. The fourth-order valence-electron chi connectivity index (χ4n) is 2.60. The third-order valence-electron chi connectivity index (χ3n) is 3.85. The maximum Gasteiger partial charge on any atom is 0.306 e. The van der Waals surface area contributed by atoms with Gasteiger partial charge in [-0.25, -0.2) is 4.98 Å². The molecule has 0 radical (unpaired) electrons. The molecule has 7 heteroatoms. The Labute approximate surface area is 127 Å². The van der Waals surface area contributed by atoms with Gasteiger partial charge in [0.1, 0.15) is 0 Å². The minimum absolute atomic E-state index is 0.129. The Kier molecular flexibility index (Phi) is 4.52. The molecular weight excluding hydrogens is 288 g/mol. The number of fused-ring (bicyclic) bond motifs is 1. The number of carbonyl (C=O) groups excluding carboxylic acids is 1. The van der Waals surface area contributed by atoms with Crippen molar-refractivity contribution in [3.05, 3.63) is 23.5 Å². The van der Waals surface area contributed by atoms with Crippen LogP contribution in [0.25, 0.3) is 4.96 Å². The van der Waals surface area contributed by atoms with Crippen LogP contribution in [0, 0.1) is 0 Å². The molecule has 0 amide bonds. The molecule has 0 bridgehead atoms. The minimum Gasteiger partial charge on any atom is -0.469 e.